The van der Waals surface area contributed by atoms with E-state index in [4.69, 9.17) is 9.84 Å². The summed E-state index contributed by atoms with van der Waals surface area (Å²) in [6.07, 6.45) is 3.69. The second-order valence-electron chi connectivity index (χ2n) is 3.62. The number of aromatic nitrogens is 1. The zero-order valence-corrected chi connectivity index (χ0v) is 8.16. The highest BCUT2D eigenvalue weighted by molar-refractivity contribution is 5.52. The van der Waals surface area contributed by atoms with E-state index >= 15 is 0 Å². The quantitative estimate of drug-likeness (QED) is 0.751. The number of nitrogens with one attached hydrogen (secondary N) is 1. The summed E-state index contributed by atoms with van der Waals surface area (Å²) in [6.45, 7) is 0.146. The topological polar surface area (TPSA) is 54.4 Å². The van der Waals surface area contributed by atoms with Crippen LogP contribution >= 0.6 is 0 Å². The first-order chi connectivity index (χ1) is 6.79. The fourth-order valence-electron chi connectivity index (χ4n) is 1.37. The Bertz CT molecular complexity index is 324. The van der Waals surface area contributed by atoms with Crippen molar-refractivity contribution in [3.63, 3.8) is 0 Å². The largest absolute Gasteiger partial charge is 0.493 e. The summed E-state index contributed by atoms with van der Waals surface area (Å²) in [4.78, 5) is 4.18. The van der Waals surface area contributed by atoms with Gasteiger partial charge < -0.3 is 15.2 Å². The van der Waals surface area contributed by atoms with Crippen molar-refractivity contribution in [2.24, 2.45) is 0 Å². The number of hydrogen-bond donors (Lipinski definition) is 2. The highest BCUT2D eigenvalue weighted by Crippen LogP contribution is 2.39. The lowest BCUT2D eigenvalue weighted by Gasteiger charge is -2.16. The molecule has 0 radical (unpaired) electrons. The van der Waals surface area contributed by atoms with Crippen LogP contribution in [0.5, 0.6) is 5.75 Å². The van der Waals surface area contributed by atoms with E-state index in [1.807, 2.05) is 12.1 Å². The van der Waals surface area contributed by atoms with Gasteiger partial charge in [0.1, 0.15) is 0 Å². The van der Waals surface area contributed by atoms with Gasteiger partial charge in [0.25, 0.3) is 0 Å². The zero-order valence-electron chi connectivity index (χ0n) is 8.16. The number of anilines is 1. The lowest BCUT2D eigenvalue weighted by molar-refractivity contribution is 0.265. The minimum absolute atomic E-state index is 0.146. The fraction of sp³-hybridized carbons (Fsp3) is 0.500. The van der Waals surface area contributed by atoms with E-state index in [0.717, 1.165) is 12.8 Å². The molecule has 0 bridgehead atoms. The van der Waals surface area contributed by atoms with Crippen LogP contribution in [0, 0.1) is 0 Å². The van der Waals surface area contributed by atoms with Crippen molar-refractivity contribution in [2.45, 2.75) is 18.4 Å². The normalized spacial score (nSPS) is 17.6. The third-order valence-corrected chi connectivity index (χ3v) is 2.53. The summed E-state index contributed by atoms with van der Waals surface area (Å²) >= 11 is 0. The van der Waals surface area contributed by atoms with Gasteiger partial charge in [0.2, 0.25) is 0 Å². The van der Waals surface area contributed by atoms with Gasteiger partial charge in [0, 0.05) is 6.20 Å². The van der Waals surface area contributed by atoms with Gasteiger partial charge in [-0.05, 0) is 25.0 Å². The predicted molar refractivity (Wildman–Crippen MR) is 53.5 cm³/mol. The number of methoxy groups -OCH3 is 1. The molecule has 1 saturated carbocycles. The van der Waals surface area contributed by atoms with Crippen LogP contribution < -0.4 is 10.1 Å². The molecule has 1 aliphatic rings. The molecule has 1 aromatic heterocycles. The van der Waals surface area contributed by atoms with Gasteiger partial charge >= 0.3 is 0 Å². The van der Waals surface area contributed by atoms with Gasteiger partial charge in [-0.3, -0.25) is 0 Å². The number of nitrogens with zero attached hydrogens (tertiary/aromatic N) is 1. The Morgan fingerprint density at radius 3 is 3.00 bits per heavy atom. The van der Waals surface area contributed by atoms with Gasteiger partial charge in [0.05, 0.1) is 19.3 Å². The zero-order chi connectivity index (χ0) is 10.0. The molecule has 1 aromatic rings. The Labute approximate surface area is 82.9 Å². The van der Waals surface area contributed by atoms with Crippen molar-refractivity contribution < 1.29 is 9.84 Å². The number of aliphatic hydroxyl groups excluding tert-OH is 1. The summed E-state index contributed by atoms with van der Waals surface area (Å²) in [5.41, 5.74) is -0.151. The third kappa shape index (κ3) is 1.65. The van der Waals surface area contributed by atoms with Crippen LogP contribution in [0.15, 0.2) is 18.3 Å². The highest BCUT2D eigenvalue weighted by Gasteiger charge is 2.42. The third-order valence-electron chi connectivity index (χ3n) is 2.53. The molecule has 1 aliphatic carbocycles. The van der Waals surface area contributed by atoms with Crippen molar-refractivity contribution in [2.75, 3.05) is 19.0 Å². The number of rotatable bonds is 4. The maximum atomic E-state index is 9.15. The van der Waals surface area contributed by atoms with Crippen LogP contribution in [0.25, 0.3) is 0 Å². The van der Waals surface area contributed by atoms with Gasteiger partial charge in [-0.2, -0.15) is 0 Å². The highest BCUT2D eigenvalue weighted by atomic mass is 16.5. The van der Waals surface area contributed by atoms with Crippen molar-refractivity contribution in [1.29, 1.82) is 0 Å². The van der Waals surface area contributed by atoms with Crippen LogP contribution in [0.1, 0.15) is 12.8 Å². The molecule has 0 spiro atoms. The van der Waals surface area contributed by atoms with Crippen molar-refractivity contribution >= 4 is 5.82 Å². The SMILES string of the molecule is COc1cccnc1NC1(CO)CC1. The molecule has 0 atom stereocenters. The van der Waals surface area contributed by atoms with Crippen molar-refractivity contribution in [3.8, 4) is 5.75 Å². The Hall–Kier alpha value is -1.29. The predicted octanol–water partition coefficient (Wildman–Crippen LogP) is 1.03. The smallest absolute Gasteiger partial charge is 0.169 e. The second kappa shape index (κ2) is 3.46. The fourth-order valence-corrected chi connectivity index (χ4v) is 1.37. The molecule has 0 unspecified atom stereocenters. The average Bonchev–Trinajstić information content (AvgIpc) is 2.99. The van der Waals surface area contributed by atoms with Crippen molar-refractivity contribution in [1.82, 2.24) is 4.98 Å². The van der Waals surface area contributed by atoms with Crippen molar-refractivity contribution in [3.05, 3.63) is 18.3 Å². The van der Waals surface area contributed by atoms with E-state index in [1.54, 1.807) is 13.3 Å². The monoisotopic (exact) mass is 194 g/mol. The molecule has 1 fully saturated rings. The Balaban J connectivity index is 2.16. The van der Waals surface area contributed by atoms with Crippen LogP contribution in [0.4, 0.5) is 5.82 Å². The molecule has 0 aromatic carbocycles. The van der Waals surface area contributed by atoms with E-state index in [9.17, 15) is 0 Å². The summed E-state index contributed by atoms with van der Waals surface area (Å²) in [5.74, 6) is 1.42. The summed E-state index contributed by atoms with van der Waals surface area (Å²) in [7, 11) is 1.61. The van der Waals surface area contributed by atoms with E-state index in [-0.39, 0.29) is 12.1 Å². The first kappa shape index (κ1) is 9.27. The molecule has 14 heavy (non-hydrogen) atoms. The van der Waals surface area contributed by atoms with Gasteiger partial charge in [-0.25, -0.2) is 4.98 Å². The Morgan fingerprint density at radius 1 is 1.64 bits per heavy atom. The molecule has 0 saturated heterocycles. The maximum Gasteiger partial charge on any atom is 0.169 e. The van der Waals surface area contributed by atoms with E-state index in [1.165, 1.54) is 0 Å². The molecular weight excluding hydrogens is 180 g/mol. The molecular formula is C10H14N2O2. The van der Waals surface area contributed by atoms with Crippen LogP contribution in [-0.2, 0) is 0 Å². The maximum absolute atomic E-state index is 9.15. The molecule has 4 heteroatoms. The second-order valence-corrected chi connectivity index (χ2v) is 3.62. The standard InChI is InChI=1S/C10H14N2O2/c1-14-8-3-2-6-11-9(8)12-10(7-13)4-5-10/h2-3,6,13H,4-5,7H2,1H3,(H,11,12). The lowest BCUT2D eigenvalue weighted by atomic mass is 10.3. The Morgan fingerprint density at radius 2 is 2.43 bits per heavy atom. The molecule has 76 valence electrons. The molecule has 0 amide bonds. The number of aliphatic hydroxyl groups is 1. The van der Waals surface area contributed by atoms with Gasteiger partial charge in [0.15, 0.2) is 11.6 Å². The molecule has 2 rings (SSSR count). The Kier molecular flexibility index (Phi) is 2.29. The summed E-state index contributed by atoms with van der Waals surface area (Å²) in [5, 5.41) is 12.4. The lowest BCUT2D eigenvalue weighted by Crippen LogP contribution is -2.26. The minimum Gasteiger partial charge on any atom is -0.493 e. The first-order valence-corrected chi connectivity index (χ1v) is 4.68. The molecule has 4 nitrogen and oxygen atoms in total. The first-order valence-electron chi connectivity index (χ1n) is 4.68. The number of pyridine rings is 1. The molecule has 2 N–H and O–H groups in total. The van der Waals surface area contributed by atoms with E-state index in [0.29, 0.717) is 11.6 Å². The van der Waals surface area contributed by atoms with Gasteiger partial charge in [-0.1, -0.05) is 0 Å². The summed E-state index contributed by atoms with van der Waals surface area (Å²) < 4.78 is 5.16. The van der Waals surface area contributed by atoms with E-state index < -0.39 is 0 Å². The summed E-state index contributed by atoms with van der Waals surface area (Å²) in [6, 6.07) is 3.67. The minimum atomic E-state index is -0.151. The van der Waals surface area contributed by atoms with Crippen LogP contribution in [0.3, 0.4) is 0 Å². The molecule has 0 aliphatic heterocycles. The molecule has 1 heterocycles. The van der Waals surface area contributed by atoms with Gasteiger partial charge in [-0.15, -0.1) is 0 Å². The number of hydrogen-bond acceptors (Lipinski definition) is 4. The van der Waals surface area contributed by atoms with Crippen LogP contribution in [-0.4, -0.2) is 29.3 Å². The number of ether oxygens (including phenoxy) is 1. The average molecular weight is 194 g/mol. The van der Waals surface area contributed by atoms with E-state index in [2.05, 4.69) is 10.3 Å². The van der Waals surface area contributed by atoms with Crippen LogP contribution in [0.2, 0.25) is 0 Å².